The van der Waals surface area contributed by atoms with Gasteiger partial charge < -0.3 is 14.6 Å². The lowest BCUT2D eigenvalue weighted by atomic mass is 9.94. The van der Waals surface area contributed by atoms with Gasteiger partial charge in [-0.3, -0.25) is 14.5 Å². The maximum atomic E-state index is 13.3. The van der Waals surface area contributed by atoms with Crippen molar-refractivity contribution in [2.45, 2.75) is 19.9 Å². The average Bonchev–Trinajstić information content (AvgIpc) is 3.09. The number of hydrogen-bond donors (Lipinski definition) is 1. The molecule has 174 valence electrons. The Bertz CT molecular complexity index is 1280. The monoisotopic (exact) mass is 521 g/mol. The second kappa shape index (κ2) is 9.73. The van der Waals surface area contributed by atoms with Gasteiger partial charge >= 0.3 is 0 Å². The SMILES string of the molecule is CCOc1cc(C2/C(=C(/O)c3ccc(Br)cc3)C(=O)C(=O)N2c2cccc(C)c2)ccc1OC. The zero-order valence-corrected chi connectivity index (χ0v) is 20.6. The third kappa shape index (κ3) is 4.31. The van der Waals surface area contributed by atoms with Crippen molar-refractivity contribution < 1.29 is 24.2 Å². The number of aryl methyl sites for hydroxylation is 1. The lowest BCUT2D eigenvalue weighted by Gasteiger charge is -2.26. The van der Waals surface area contributed by atoms with Gasteiger partial charge in [-0.15, -0.1) is 0 Å². The van der Waals surface area contributed by atoms with E-state index in [1.165, 1.54) is 4.90 Å². The van der Waals surface area contributed by atoms with E-state index in [-0.39, 0.29) is 11.3 Å². The highest BCUT2D eigenvalue weighted by Gasteiger charge is 2.47. The van der Waals surface area contributed by atoms with Crippen molar-refractivity contribution in [2.75, 3.05) is 18.6 Å². The summed E-state index contributed by atoms with van der Waals surface area (Å²) in [6.07, 6.45) is 0. The maximum absolute atomic E-state index is 13.3. The molecule has 1 aliphatic heterocycles. The molecule has 6 nitrogen and oxygen atoms in total. The standard InChI is InChI=1S/C27H24BrNO5/c1-4-34-22-15-18(10-13-21(22)33-3)24-23(25(30)17-8-11-19(28)12-9-17)26(31)27(32)29(24)20-7-5-6-16(2)14-20/h5-15,24,30H,4H2,1-3H3/b25-23-. The fourth-order valence-electron chi connectivity index (χ4n) is 4.09. The molecular formula is C27H24BrNO5. The summed E-state index contributed by atoms with van der Waals surface area (Å²) in [5.41, 5.74) is 2.57. The fraction of sp³-hybridized carbons (Fsp3) is 0.185. The van der Waals surface area contributed by atoms with Crippen molar-refractivity contribution in [2.24, 2.45) is 0 Å². The van der Waals surface area contributed by atoms with Gasteiger partial charge in [0.25, 0.3) is 11.7 Å². The number of hydrogen-bond acceptors (Lipinski definition) is 5. The third-order valence-electron chi connectivity index (χ3n) is 5.65. The predicted octanol–water partition coefficient (Wildman–Crippen LogP) is 5.79. The molecule has 0 spiro atoms. The number of halogens is 1. The molecule has 0 aliphatic carbocycles. The van der Waals surface area contributed by atoms with Crippen molar-refractivity contribution in [3.8, 4) is 11.5 Å². The fourth-order valence-corrected chi connectivity index (χ4v) is 4.35. The summed E-state index contributed by atoms with van der Waals surface area (Å²) in [6, 6.07) is 18.7. The van der Waals surface area contributed by atoms with Crippen LogP contribution >= 0.6 is 15.9 Å². The highest BCUT2D eigenvalue weighted by molar-refractivity contribution is 9.10. The molecule has 1 atom stereocenters. The first-order valence-corrected chi connectivity index (χ1v) is 11.6. The maximum Gasteiger partial charge on any atom is 0.300 e. The summed E-state index contributed by atoms with van der Waals surface area (Å²) >= 11 is 3.38. The van der Waals surface area contributed by atoms with E-state index in [2.05, 4.69) is 15.9 Å². The first kappa shape index (κ1) is 23.6. The Labute approximate surface area is 206 Å². The van der Waals surface area contributed by atoms with Crippen LogP contribution in [0.4, 0.5) is 5.69 Å². The lowest BCUT2D eigenvalue weighted by molar-refractivity contribution is -0.132. The molecule has 0 saturated carbocycles. The zero-order valence-electron chi connectivity index (χ0n) is 19.0. The van der Waals surface area contributed by atoms with Gasteiger partial charge in [-0.25, -0.2) is 0 Å². The van der Waals surface area contributed by atoms with Crippen molar-refractivity contribution in [3.63, 3.8) is 0 Å². The number of ketones is 1. The predicted molar refractivity (Wildman–Crippen MR) is 134 cm³/mol. The molecular weight excluding hydrogens is 498 g/mol. The van der Waals surface area contributed by atoms with Gasteiger partial charge in [0.05, 0.1) is 25.3 Å². The summed E-state index contributed by atoms with van der Waals surface area (Å²) in [5.74, 6) is -0.671. The number of amides is 1. The summed E-state index contributed by atoms with van der Waals surface area (Å²) in [7, 11) is 1.55. The van der Waals surface area contributed by atoms with E-state index in [4.69, 9.17) is 9.47 Å². The first-order chi connectivity index (χ1) is 16.3. The van der Waals surface area contributed by atoms with E-state index < -0.39 is 17.7 Å². The molecule has 0 radical (unpaired) electrons. The number of aliphatic hydroxyl groups excluding tert-OH is 1. The molecule has 1 amide bonds. The van der Waals surface area contributed by atoms with E-state index in [1.807, 2.05) is 32.0 Å². The second-order valence-corrected chi connectivity index (χ2v) is 8.77. The summed E-state index contributed by atoms with van der Waals surface area (Å²) < 4.78 is 12.0. The Morgan fingerprint density at radius 3 is 2.41 bits per heavy atom. The lowest BCUT2D eigenvalue weighted by Crippen LogP contribution is -2.29. The molecule has 3 aromatic rings. The minimum absolute atomic E-state index is 0.0152. The normalized spacial score (nSPS) is 17.2. The molecule has 3 aromatic carbocycles. The van der Waals surface area contributed by atoms with Crippen LogP contribution in [0.15, 0.2) is 76.8 Å². The van der Waals surface area contributed by atoms with Crippen LogP contribution in [-0.2, 0) is 9.59 Å². The number of rotatable bonds is 6. The molecule has 34 heavy (non-hydrogen) atoms. The third-order valence-corrected chi connectivity index (χ3v) is 6.17. The quantitative estimate of drug-likeness (QED) is 0.252. The van der Waals surface area contributed by atoms with Crippen LogP contribution in [0, 0.1) is 6.92 Å². The number of ether oxygens (including phenoxy) is 2. The van der Waals surface area contributed by atoms with Gasteiger partial charge in [0, 0.05) is 15.7 Å². The number of methoxy groups -OCH3 is 1. The molecule has 1 aliphatic rings. The van der Waals surface area contributed by atoms with Crippen LogP contribution in [0.5, 0.6) is 11.5 Å². The van der Waals surface area contributed by atoms with E-state index in [9.17, 15) is 14.7 Å². The highest BCUT2D eigenvalue weighted by Crippen LogP contribution is 2.44. The Hall–Kier alpha value is -3.58. The molecule has 0 bridgehead atoms. The van der Waals surface area contributed by atoms with Gasteiger partial charge in [0.2, 0.25) is 0 Å². The summed E-state index contributed by atoms with van der Waals surface area (Å²) in [4.78, 5) is 28.0. The van der Waals surface area contributed by atoms with Gasteiger partial charge in [0.1, 0.15) is 5.76 Å². The molecule has 0 aromatic heterocycles. The zero-order chi connectivity index (χ0) is 24.4. The number of carbonyl (C=O) groups excluding carboxylic acids is 2. The molecule has 1 saturated heterocycles. The average molecular weight is 522 g/mol. The number of Topliss-reactive ketones (excluding diaryl/α,β-unsaturated/α-hetero) is 1. The van der Waals surface area contributed by atoms with Crippen LogP contribution in [0.25, 0.3) is 5.76 Å². The van der Waals surface area contributed by atoms with Crippen LogP contribution in [0.1, 0.15) is 29.7 Å². The largest absolute Gasteiger partial charge is 0.507 e. The van der Waals surface area contributed by atoms with Crippen LogP contribution in [0.3, 0.4) is 0 Å². The molecule has 1 heterocycles. The Balaban J connectivity index is 1.96. The van der Waals surface area contributed by atoms with E-state index in [0.717, 1.165) is 10.0 Å². The van der Waals surface area contributed by atoms with Crippen LogP contribution in [-0.4, -0.2) is 30.5 Å². The van der Waals surface area contributed by atoms with E-state index >= 15 is 0 Å². The van der Waals surface area contributed by atoms with E-state index in [0.29, 0.717) is 34.9 Å². The highest BCUT2D eigenvalue weighted by atomic mass is 79.9. The van der Waals surface area contributed by atoms with Crippen molar-refractivity contribution >= 4 is 39.1 Å². The smallest absolute Gasteiger partial charge is 0.300 e. The Kier molecular flexibility index (Phi) is 6.75. The van der Waals surface area contributed by atoms with E-state index in [1.54, 1.807) is 55.6 Å². The number of nitrogens with zero attached hydrogens (tertiary/aromatic N) is 1. The van der Waals surface area contributed by atoms with Gasteiger partial charge in [-0.1, -0.05) is 46.3 Å². The van der Waals surface area contributed by atoms with Crippen LogP contribution in [0.2, 0.25) is 0 Å². The Morgan fingerprint density at radius 2 is 1.76 bits per heavy atom. The van der Waals surface area contributed by atoms with Crippen molar-refractivity contribution in [1.82, 2.24) is 0 Å². The number of benzene rings is 3. The summed E-state index contributed by atoms with van der Waals surface area (Å²) in [5, 5.41) is 11.2. The molecule has 1 fully saturated rings. The molecule has 1 N–H and O–H groups in total. The van der Waals surface area contributed by atoms with Gasteiger partial charge in [-0.2, -0.15) is 0 Å². The second-order valence-electron chi connectivity index (χ2n) is 7.86. The number of aliphatic hydroxyl groups is 1. The summed E-state index contributed by atoms with van der Waals surface area (Å²) in [6.45, 7) is 4.19. The molecule has 7 heteroatoms. The van der Waals surface area contributed by atoms with Crippen molar-refractivity contribution in [3.05, 3.63) is 93.5 Å². The van der Waals surface area contributed by atoms with Gasteiger partial charge in [-0.05, 0) is 61.4 Å². The molecule has 1 unspecified atom stereocenters. The van der Waals surface area contributed by atoms with Gasteiger partial charge in [0.15, 0.2) is 11.5 Å². The van der Waals surface area contributed by atoms with Crippen LogP contribution < -0.4 is 14.4 Å². The molecule has 4 rings (SSSR count). The first-order valence-electron chi connectivity index (χ1n) is 10.8. The number of anilines is 1. The number of carbonyl (C=O) groups is 2. The Morgan fingerprint density at radius 1 is 1.03 bits per heavy atom. The van der Waals surface area contributed by atoms with Crippen molar-refractivity contribution in [1.29, 1.82) is 0 Å². The minimum Gasteiger partial charge on any atom is -0.507 e. The topological polar surface area (TPSA) is 76.1 Å². The minimum atomic E-state index is -0.851.